The van der Waals surface area contributed by atoms with Crippen molar-refractivity contribution in [3.8, 4) is 11.1 Å². The van der Waals surface area contributed by atoms with Crippen molar-refractivity contribution in [1.82, 2.24) is 0 Å². The number of nitrogens with one attached hydrogen (secondary N) is 1. The maximum atomic E-state index is 6.57. The molecule has 2 heteroatoms. The zero-order valence-corrected chi connectivity index (χ0v) is 15.2. The minimum atomic E-state index is 0.223. The molecule has 0 radical (unpaired) electrons. The SMILES string of the molecule is Clc1ccccc1[C@@H]1Nc2c(-c3ccccc3)cccc2[C@@H]2C=CC[C@@H]21. The lowest BCUT2D eigenvalue weighted by atomic mass is 9.76. The minimum Gasteiger partial charge on any atom is -0.377 e. The van der Waals surface area contributed by atoms with Gasteiger partial charge in [-0.1, -0.05) is 90.5 Å². The Hall–Kier alpha value is -2.51. The number of hydrogen-bond acceptors (Lipinski definition) is 1. The van der Waals surface area contributed by atoms with Crippen LogP contribution in [0.25, 0.3) is 11.1 Å². The van der Waals surface area contributed by atoms with E-state index in [1.165, 1.54) is 27.9 Å². The largest absolute Gasteiger partial charge is 0.377 e. The van der Waals surface area contributed by atoms with Gasteiger partial charge in [0.1, 0.15) is 0 Å². The molecule has 128 valence electrons. The van der Waals surface area contributed by atoms with Gasteiger partial charge in [0.25, 0.3) is 0 Å². The lowest BCUT2D eigenvalue weighted by Gasteiger charge is -2.39. The van der Waals surface area contributed by atoms with Crippen LogP contribution in [0.4, 0.5) is 5.69 Å². The van der Waals surface area contributed by atoms with E-state index in [9.17, 15) is 0 Å². The summed E-state index contributed by atoms with van der Waals surface area (Å²) in [4.78, 5) is 0. The van der Waals surface area contributed by atoms with Gasteiger partial charge in [-0.3, -0.25) is 0 Å². The van der Waals surface area contributed by atoms with Crippen LogP contribution in [0.3, 0.4) is 0 Å². The molecule has 0 amide bonds. The predicted molar refractivity (Wildman–Crippen MR) is 110 cm³/mol. The highest BCUT2D eigenvalue weighted by molar-refractivity contribution is 6.31. The molecule has 0 unspecified atom stereocenters. The van der Waals surface area contributed by atoms with Crippen molar-refractivity contribution in [1.29, 1.82) is 0 Å². The van der Waals surface area contributed by atoms with Gasteiger partial charge in [0, 0.05) is 22.2 Å². The standard InChI is InChI=1S/C24H20ClN/c25-22-15-5-4-10-21(22)24-20-14-7-12-18(20)19-13-6-11-17(23(19)26-24)16-8-2-1-3-9-16/h1-13,15,18,20,24,26H,14H2/t18-,20-,24+/m0/s1. The second-order valence-electron chi connectivity index (χ2n) is 7.13. The summed E-state index contributed by atoms with van der Waals surface area (Å²) in [5.74, 6) is 0.949. The van der Waals surface area contributed by atoms with Gasteiger partial charge in [-0.2, -0.15) is 0 Å². The number of para-hydroxylation sites is 1. The summed E-state index contributed by atoms with van der Waals surface area (Å²) in [5, 5.41) is 4.71. The van der Waals surface area contributed by atoms with Crippen LogP contribution >= 0.6 is 11.6 Å². The summed E-state index contributed by atoms with van der Waals surface area (Å²) in [5.41, 5.74) is 6.35. The average molecular weight is 358 g/mol. The fraction of sp³-hybridized carbons (Fsp3) is 0.167. The molecule has 5 rings (SSSR count). The first-order chi connectivity index (χ1) is 12.8. The van der Waals surface area contributed by atoms with E-state index in [4.69, 9.17) is 11.6 Å². The summed E-state index contributed by atoms with van der Waals surface area (Å²) in [6, 6.07) is 25.7. The Labute approximate surface area is 159 Å². The van der Waals surface area contributed by atoms with Gasteiger partial charge in [0.05, 0.1) is 6.04 Å². The zero-order valence-electron chi connectivity index (χ0n) is 14.4. The highest BCUT2D eigenvalue weighted by atomic mass is 35.5. The van der Waals surface area contributed by atoms with Gasteiger partial charge in [0.2, 0.25) is 0 Å². The molecule has 2 aliphatic rings. The molecule has 1 aliphatic carbocycles. The third-order valence-corrected chi connectivity index (χ3v) is 6.07. The van der Waals surface area contributed by atoms with E-state index in [-0.39, 0.29) is 6.04 Å². The predicted octanol–water partition coefficient (Wildman–Crippen LogP) is 6.83. The van der Waals surface area contributed by atoms with Crippen molar-refractivity contribution < 1.29 is 0 Å². The van der Waals surface area contributed by atoms with Crippen molar-refractivity contribution in [2.45, 2.75) is 18.4 Å². The molecule has 0 spiro atoms. The second kappa shape index (κ2) is 6.34. The van der Waals surface area contributed by atoms with Gasteiger partial charge in [-0.05, 0) is 35.1 Å². The first-order valence-electron chi connectivity index (χ1n) is 9.19. The van der Waals surface area contributed by atoms with E-state index in [0.29, 0.717) is 11.8 Å². The van der Waals surface area contributed by atoms with Crippen molar-refractivity contribution in [3.63, 3.8) is 0 Å². The van der Waals surface area contributed by atoms with E-state index in [1.54, 1.807) is 0 Å². The van der Waals surface area contributed by atoms with E-state index >= 15 is 0 Å². The van der Waals surface area contributed by atoms with Crippen LogP contribution in [-0.2, 0) is 0 Å². The molecule has 1 N–H and O–H groups in total. The van der Waals surface area contributed by atoms with Gasteiger partial charge in [-0.15, -0.1) is 0 Å². The Morgan fingerprint density at radius 3 is 2.42 bits per heavy atom. The molecule has 0 saturated carbocycles. The Morgan fingerprint density at radius 1 is 0.808 bits per heavy atom. The van der Waals surface area contributed by atoms with Gasteiger partial charge >= 0.3 is 0 Å². The molecule has 1 heterocycles. The van der Waals surface area contributed by atoms with Crippen LogP contribution < -0.4 is 5.32 Å². The molecule has 26 heavy (non-hydrogen) atoms. The Morgan fingerprint density at radius 2 is 1.58 bits per heavy atom. The molecule has 0 aromatic heterocycles. The van der Waals surface area contributed by atoms with Crippen molar-refractivity contribution in [3.05, 3.63) is 101 Å². The molecule has 0 saturated heterocycles. The summed E-state index contributed by atoms with van der Waals surface area (Å²) in [6.45, 7) is 0. The minimum absolute atomic E-state index is 0.223. The molecule has 3 aromatic carbocycles. The number of halogens is 1. The fourth-order valence-corrected chi connectivity index (χ4v) is 4.77. The van der Waals surface area contributed by atoms with Crippen LogP contribution in [0.1, 0.15) is 29.5 Å². The highest BCUT2D eigenvalue weighted by Gasteiger charge is 2.39. The number of allylic oxidation sites excluding steroid dienone is 2. The summed E-state index contributed by atoms with van der Waals surface area (Å²) in [7, 11) is 0. The number of benzene rings is 3. The number of fused-ring (bicyclic) bond motifs is 3. The Kier molecular flexibility index (Phi) is 3.83. The third-order valence-electron chi connectivity index (χ3n) is 5.72. The van der Waals surface area contributed by atoms with Crippen molar-refractivity contribution >= 4 is 17.3 Å². The Bertz CT molecular complexity index is 977. The fourth-order valence-electron chi connectivity index (χ4n) is 4.51. The topological polar surface area (TPSA) is 12.0 Å². The van der Waals surface area contributed by atoms with Gasteiger partial charge in [-0.25, -0.2) is 0 Å². The smallest absolute Gasteiger partial charge is 0.0568 e. The first kappa shape index (κ1) is 15.7. The molecule has 0 fully saturated rings. The Balaban J connectivity index is 1.68. The van der Waals surface area contributed by atoms with Crippen LogP contribution in [0.2, 0.25) is 5.02 Å². The van der Waals surface area contributed by atoms with Crippen LogP contribution in [0.5, 0.6) is 0 Å². The van der Waals surface area contributed by atoms with Crippen molar-refractivity contribution in [2.75, 3.05) is 5.32 Å². The van der Waals surface area contributed by atoms with Crippen LogP contribution in [0, 0.1) is 5.92 Å². The van der Waals surface area contributed by atoms with Crippen molar-refractivity contribution in [2.24, 2.45) is 5.92 Å². The first-order valence-corrected chi connectivity index (χ1v) is 9.56. The summed E-state index contributed by atoms with van der Waals surface area (Å²) in [6.07, 6.45) is 5.79. The molecule has 3 aromatic rings. The summed E-state index contributed by atoms with van der Waals surface area (Å²) < 4.78 is 0. The normalized spacial score (nSPS) is 23.2. The molecular weight excluding hydrogens is 338 g/mol. The lowest BCUT2D eigenvalue weighted by Crippen LogP contribution is -2.29. The number of rotatable bonds is 2. The van der Waals surface area contributed by atoms with E-state index in [2.05, 4.69) is 78.1 Å². The van der Waals surface area contributed by atoms with Gasteiger partial charge < -0.3 is 5.32 Å². The molecule has 0 bridgehead atoms. The second-order valence-corrected chi connectivity index (χ2v) is 7.54. The maximum absolute atomic E-state index is 6.57. The number of hydrogen-bond donors (Lipinski definition) is 1. The maximum Gasteiger partial charge on any atom is 0.0568 e. The summed E-state index contributed by atoms with van der Waals surface area (Å²) >= 11 is 6.57. The molecular formula is C24H20ClN. The quantitative estimate of drug-likeness (QED) is 0.495. The lowest BCUT2D eigenvalue weighted by molar-refractivity contribution is 0.426. The van der Waals surface area contributed by atoms with E-state index in [0.717, 1.165) is 11.4 Å². The third kappa shape index (κ3) is 2.47. The highest BCUT2D eigenvalue weighted by Crippen LogP contribution is 2.52. The van der Waals surface area contributed by atoms with Crippen LogP contribution in [0.15, 0.2) is 84.9 Å². The van der Waals surface area contributed by atoms with Gasteiger partial charge in [0.15, 0.2) is 0 Å². The molecule has 1 aliphatic heterocycles. The average Bonchev–Trinajstić information content (AvgIpc) is 3.18. The van der Waals surface area contributed by atoms with E-state index in [1.807, 2.05) is 12.1 Å². The van der Waals surface area contributed by atoms with E-state index < -0.39 is 0 Å². The number of anilines is 1. The van der Waals surface area contributed by atoms with Crippen LogP contribution in [-0.4, -0.2) is 0 Å². The monoisotopic (exact) mass is 357 g/mol. The zero-order chi connectivity index (χ0) is 17.5. The molecule has 1 nitrogen and oxygen atoms in total. The molecule has 3 atom stereocenters.